The van der Waals surface area contributed by atoms with Crippen molar-refractivity contribution in [2.75, 3.05) is 0 Å². The molecular weight excluding hydrogens is 279 g/mol. The Kier molecular flexibility index (Phi) is 3.67. The van der Waals surface area contributed by atoms with Crippen molar-refractivity contribution in [3.05, 3.63) is 65.7 Å². The summed E-state index contributed by atoms with van der Waals surface area (Å²) >= 11 is 0. The van der Waals surface area contributed by atoms with Gasteiger partial charge in [-0.3, -0.25) is 4.98 Å². The molecule has 0 saturated heterocycles. The SMILES string of the molecule is N#CC1(c2ccccc2)CCC(O)(c2ccc(F)cn2)CC1. The monoisotopic (exact) mass is 296 g/mol. The maximum absolute atomic E-state index is 13.0. The summed E-state index contributed by atoms with van der Waals surface area (Å²) in [6, 6.07) is 15.0. The lowest BCUT2D eigenvalue weighted by Gasteiger charge is -2.40. The Hall–Kier alpha value is -2.25. The molecule has 112 valence electrons. The topological polar surface area (TPSA) is 56.9 Å². The molecule has 1 N–H and O–H groups in total. The van der Waals surface area contributed by atoms with Crippen LogP contribution in [0.3, 0.4) is 0 Å². The summed E-state index contributed by atoms with van der Waals surface area (Å²) in [7, 11) is 0. The third-order valence-corrected chi connectivity index (χ3v) is 4.68. The lowest BCUT2D eigenvalue weighted by atomic mass is 9.65. The molecule has 0 aliphatic heterocycles. The first kappa shape index (κ1) is 14.7. The lowest BCUT2D eigenvalue weighted by Crippen LogP contribution is -2.39. The third kappa shape index (κ3) is 2.49. The van der Waals surface area contributed by atoms with Crippen LogP contribution in [-0.2, 0) is 11.0 Å². The highest BCUT2D eigenvalue weighted by molar-refractivity contribution is 5.34. The second kappa shape index (κ2) is 5.51. The van der Waals surface area contributed by atoms with Crippen LogP contribution >= 0.6 is 0 Å². The first-order valence-electron chi connectivity index (χ1n) is 7.39. The number of hydrogen-bond acceptors (Lipinski definition) is 3. The molecule has 1 heterocycles. The zero-order valence-electron chi connectivity index (χ0n) is 12.2. The Morgan fingerprint density at radius 1 is 1.05 bits per heavy atom. The quantitative estimate of drug-likeness (QED) is 0.923. The summed E-state index contributed by atoms with van der Waals surface area (Å²) in [5, 5.41) is 20.5. The van der Waals surface area contributed by atoms with E-state index < -0.39 is 16.8 Å². The van der Waals surface area contributed by atoms with Crippen LogP contribution in [0.25, 0.3) is 0 Å². The van der Waals surface area contributed by atoms with Crippen molar-refractivity contribution in [1.29, 1.82) is 5.26 Å². The van der Waals surface area contributed by atoms with E-state index >= 15 is 0 Å². The Morgan fingerprint density at radius 2 is 1.73 bits per heavy atom. The number of pyridine rings is 1. The fourth-order valence-electron chi connectivity index (χ4n) is 3.22. The highest BCUT2D eigenvalue weighted by Gasteiger charge is 2.44. The van der Waals surface area contributed by atoms with Crippen molar-refractivity contribution in [2.24, 2.45) is 0 Å². The van der Waals surface area contributed by atoms with Gasteiger partial charge in [-0.2, -0.15) is 5.26 Å². The number of benzene rings is 1. The molecule has 1 aliphatic carbocycles. The normalized spacial score (nSPS) is 28.0. The molecule has 0 radical (unpaired) electrons. The maximum atomic E-state index is 13.0. The van der Waals surface area contributed by atoms with Gasteiger partial charge in [-0.05, 0) is 43.4 Å². The summed E-state index contributed by atoms with van der Waals surface area (Å²) in [6.07, 6.45) is 3.12. The van der Waals surface area contributed by atoms with E-state index in [0.717, 1.165) is 11.8 Å². The van der Waals surface area contributed by atoms with Crippen LogP contribution < -0.4 is 0 Å². The molecule has 0 amide bonds. The Morgan fingerprint density at radius 3 is 2.27 bits per heavy atom. The van der Waals surface area contributed by atoms with E-state index in [4.69, 9.17) is 0 Å². The minimum Gasteiger partial charge on any atom is -0.384 e. The molecule has 0 bridgehead atoms. The summed E-state index contributed by atoms with van der Waals surface area (Å²) in [4.78, 5) is 4.01. The van der Waals surface area contributed by atoms with Gasteiger partial charge < -0.3 is 5.11 Å². The smallest absolute Gasteiger partial charge is 0.141 e. The Labute approximate surface area is 129 Å². The molecule has 1 saturated carbocycles. The highest BCUT2D eigenvalue weighted by atomic mass is 19.1. The van der Waals surface area contributed by atoms with E-state index in [1.807, 2.05) is 30.3 Å². The predicted octanol–water partition coefficient (Wildman–Crippen LogP) is 3.44. The molecule has 3 rings (SSSR count). The Balaban J connectivity index is 1.85. The number of rotatable bonds is 2. The molecule has 4 heteroatoms. The van der Waals surface area contributed by atoms with Gasteiger partial charge in [-0.15, -0.1) is 0 Å². The second-order valence-corrected chi connectivity index (χ2v) is 5.95. The first-order valence-corrected chi connectivity index (χ1v) is 7.39. The van der Waals surface area contributed by atoms with Gasteiger partial charge in [0.25, 0.3) is 0 Å². The van der Waals surface area contributed by atoms with Gasteiger partial charge in [0.2, 0.25) is 0 Å². The van der Waals surface area contributed by atoms with E-state index in [9.17, 15) is 14.8 Å². The summed E-state index contributed by atoms with van der Waals surface area (Å²) in [6.45, 7) is 0. The van der Waals surface area contributed by atoms with Gasteiger partial charge in [-0.1, -0.05) is 30.3 Å². The van der Waals surface area contributed by atoms with Gasteiger partial charge >= 0.3 is 0 Å². The van der Waals surface area contributed by atoms with Crippen LogP contribution in [0.15, 0.2) is 48.7 Å². The molecule has 0 spiro atoms. The van der Waals surface area contributed by atoms with Crippen LogP contribution in [0.5, 0.6) is 0 Å². The van der Waals surface area contributed by atoms with Crippen LogP contribution in [0, 0.1) is 17.1 Å². The van der Waals surface area contributed by atoms with E-state index in [1.165, 1.54) is 12.1 Å². The lowest BCUT2D eigenvalue weighted by molar-refractivity contribution is -0.0176. The van der Waals surface area contributed by atoms with Crippen molar-refractivity contribution in [3.63, 3.8) is 0 Å². The van der Waals surface area contributed by atoms with Crippen LogP contribution in [0.4, 0.5) is 4.39 Å². The second-order valence-electron chi connectivity index (χ2n) is 5.95. The van der Waals surface area contributed by atoms with E-state index in [1.54, 1.807) is 0 Å². The fourth-order valence-corrected chi connectivity index (χ4v) is 3.22. The van der Waals surface area contributed by atoms with Crippen LogP contribution in [-0.4, -0.2) is 10.1 Å². The minimum absolute atomic E-state index is 0.418. The van der Waals surface area contributed by atoms with Gasteiger partial charge in [0.05, 0.1) is 23.4 Å². The molecule has 0 atom stereocenters. The maximum Gasteiger partial charge on any atom is 0.141 e. The zero-order chi connectivity index (χ0) is 15.6. The number of aliphatic hydroxyl groups is 1. The molecule has 1 aliphatic rings. The molecule has 2 aromatic rings. The molecular formula is C18H17FN2O. The number of halogens is 1. The Bertz CT molecular complexity index is 683. The third-order valence-electron chi connectivity index (χ3n) is 4.68. The van der Waals surface area contributed by atoms with Gasteiger partial charge in [0, 0.05) is 0 Å². The van der Waals surface area contributed by atoms with Gasteiger partial charge in [0.15, 0.2) is 0 Å². The summed E-state index contributed by atoms with van der Waals surface area (Å²) in [5.74, 6) is -0.418. The van der Waals surface area contributed by atoms with Crippen molar-refractivity contribution in [1.82, 2.24) is 4.98 Å². The van der Waals surface area contributed by atoms with Crippen molar-refractivity contribution in [3.8, 4) is 6.07 Å². The highest BCUT2D eigenvalue weighted by Crippen LogP contribution is 2.46. The van der Waals surface area contributed by atoms with E-state index in [0.29, 0.717) is 31.4 Å². The number of hydrogen-bond donors (Lipinski definition) is 1. The molecule has 1 fully saturated rings. The molecule has 22 heavy (non-hydrogen) atoms. The number of nitrogens with zero attached hydrogens (tertiary/aromatic N) is 2. The molecule has 1 aromatic carbocycles. The van der Waals surface area contributed by atoms with E-state index in [2.05, 4.69) is 11.1 Å². The first-order chi connectivity index (χ1) is 10.6. The number of nitriles is 1. The van der Waals surface area contributed by atoms with Crippen LogP contribution in [0.1, 0.15) is 36.9 Å². The molecule has 1 aromatic heterocycles. The van der Waals surface area contributed by atoms with Crippen molar-refractivity contribution < 1.29 is 9.50 Å². The summed E-state index contributed by atoms with van der Waals surface area (Å²) in [5.41, 5.74) is -0.170. The largest absolute Gasteiger partial charge is 0.384 e. The van der Waals surface area contributed by atoms with Gasteiger partial charge in [0.1, 0.15) is 11.4 Å². The average Bonchev–Trinajstić information content (AvgIpc) is 2.57. The molecule has 0 unspecified atom stereocenters. The standard InChI is InChI=1S/C18H17FN2O/c19-15-6-7-16(21-12-15)18(22)10-8-17(13-20,9-11-18)14-4-2-1-3-5-14/h1-7,12,22H,8-11H2. The number of aromatic nitrogens is 1. The van der Waals surface area contributed by atoms with Crippen molar-refractivity contribution >= 4 is 0 Å². The average molecular weight is 296 g/mol. The van der Waals surface area contributed by atoms with Crippen LogP contribution in [0.2, 0.25) is 0 Å². The minimum atomic E-state index is -1.08. The predicted molar refractivity (Wildman–Crippen MR) is 80.3 cm³/mol. The molecule has 3 nitrogen and oxygen atoms in total. The zero-order valence-corrected chi connectivity index (χ0v) is 12.2. The summed E-state index contributed by atoms with van der Waals surface area (Å²) < 4.78 is 13.0. The van der Waals surface area contributed by atoms with E-state index in [-0.39, 0.29) is 0 Å². The van der Waals surface area contributed by atoms with Crippen molar-refractivity contribution in [2.45, 2.75) is 36.7 Å². The van der Waals surface area contributed by atoms with Gasteiger partial charge in [-0.25, -0.2) is 4.39 Å². The fraction of sp³-hybridized carbons (Fsp3) is 0.333.